The van der Waals surface area contributed by atoms with Gasteiger partial charge >= 0.3 is 0 Å². The molecular formula is C20H30IN5O. The molecule has 27 heavy (non-hydrogen) atoms. The number of nitrogens with zero attached hydrogens (tertiary/aromatic N) is 3. The van der Waals surface area contributed by atoms with E-state index in [9.17, 15) is 0 Å². The molecule has 0 saturated carbocycles. The molecule has 1 fully saturated rings. The van der Waals surface area contributed by atoms with Gasteiger partial charge in [-0.15, -0.1) is 24.0 Å². The van der Waals surface area contributed by atoms with E-state index in [2.05, 4.69) is 62.9 Å². The number of halogens is 1. The fourth-order valence-electron chi connectivity index (χ4n) is 3.36. The minimum Gasteiger partial charge on any atom is -0.359 e. The largest absolute Gasteiger partial charge is 0.359 e. The summed E-state index contributed by atoms with van der Waals surface area (Å²) in [6.07, 6.45) is 3.36. The Labute approximate surface area is 178 Å². The van der Waals surface area contributed by atoms with Crippen LogP contribution in [0.1, 0.15) is 36.8 Å². The molecule has 0 aliphatic carbocycles. The maximum Gasteiger partial charge on any atom is 0.191 e. The molecule has 1 atom stereocenters. The van der Waals surface area contributed by atoms with Gasteiger partial charge in [-0.25, -0.2) is 0 Å². The average molecular weight is 483 g/mol. The van der Waals surface area contributed by atoms with Gasteiger partial charge in [0.25, 0.3) is 0 Å². The Balaban J connectivity index is 0.00000261. The Kier molecular flexibility index (Phi) is 9.06. The molecule has 0 bridgehead atoms. The fraction of sp³-hybridized carbons (Fsp3) is 0.500. The van der Waals surface area contributed by atoms with Crippen LogP contribution >= 0.6 is 24.0 Å². The quantitative estimate of drug-likeness (QED) is 0.360. The minimum atomic E-state index is 0. The monoisotopic (exact) mass is 483 g/mol. The van der Waals surface area contributed by atoms with E-state index >= 15 is 0 Å². The van der Waals surface area contributed by atoms with Gasteiger partial charge in [0.05, 0.1) is 12.2 Å². The summed E-state index contributed by atoms with van der Waals surface area (Å²) in [5.74, 6) is 1.63. The Morgan fingerprint density at radius 2 is 2.11 bits per heavy atom. The van der Waals surface area contributed by atoms with Gasteiger partial charge in [0.15, 0.2) is 11.7 Å². The molecular weight excluding hydrogens is 453 g/mol. The van der Waals surface area contributed by atoms with Crippen molar-refractivity contribution in [3.63, 3.8) is 0 Å². The number of hydrogen-bond donors (Lipinski definition) is 2. The molecule has 1 aliphatic heterocycles. The third kappa shape index (κ3) is 6.49. The summed E-state index contributed by atoms with van der Waals surface area (Å²) in [6.45, 7) is 5.72. The molecule has 1 aliphatic rings. The van der Waals surface area contributed by atoms with Gasteiger partial charge < -0.3 is 15.2 Å². The number of rotatable bonds is 7. The van der Waals surface area contributed by atoms with E-state index in [4.69, 9.17) is 4.52 Å². The maximum atomic E-state index is 5.31. The second-order valence-electron chi connectivity index (χ2n) is 6.70. The highest BCUT2D eigenvalue weighted by Gasteiger charge is 2.24. The van der Waals surface area contributed by atoms with Gasteiger partial charge in [-0.1, -0.05) is 42.4 Å². The topological polar surface area (TPSA) is 65.7 Å². The van der Waals surface area contributed by atoms with Crippen molar-refractivity contribution < 1.29 is 4.52 Å². The molecule has 0 amide bonds. The number of hydrogen-bond acceptors (Lipinski definition) is 4. The van der Waals surface area contributed by atoms with Crippen molar-refractivity contribution in [3.05, 3.63) is 53.4 Å². The SMILES string of the molecule is CCc1cc(CNC(=NC)NCC2CCCN2Cc2ccccc2)on1.I. The molecule has 2 aromatic rings. The lowest BCUT2D eigenvalue weighted by molar-refractivity contribution is 0.245. The van der Waals surface area contributed by atoms with E-state index < -0.39 is 0 Å². The van der Waals surface area contributed by atoms with Crippen LogP contribution in [0.4, 0.5) is 0 Å². The van der Waals surface area contributed by atoms with Crippen LogP contribution in [0.15, 0.2) is 45.9 Å². The highest BCUT2D eigenvalue weighted by molar-refractivity contribution is 14.0. The van der Waals surface area contributed by atoms with Crippen LogP contribution in [0, 0.1) is 0 Å². The number of benzene rings is 1. The predicted molar refractivity (Wildman–Crippen MR) is 119 cm³/mol. The van der Waals surface area contributed by atoms with Gasteiger partial charge in [-0.3, -0.25) is 9.89 Å². The first-order valence-electron chi connectivity index (χ1n) is 9.45. The van der Waals surface area contributed by atoms with E-state index in [1.54, 1.807) is 7.05 Å². The summed E-state index contributed by atoms with van der Waals surface area (Å²) < 4.78 is 5.31. The van der Waals surface area contributed by atoms with Gasteiger partial charge in [0.2, 0.25) is 0 Å². The van der Waals surface area contributed by atoms with E-state index in [0.717, 1.165) is 43.5 Å². The van der Waals surface area contributed by atoms with Crippen LogP contribution in [0.25, 0.3) is 0 Å². The summed E-state index contributed by atoms with van der Waals surface area (Å²) in [5, 5.41) is 10.8. The lowest BCUT2D eigenvalue weighted by Crippen LogP contribution is -2.44. The Morgan fingerprint density at radius 1 is 1.30 bits per heavy atom. The van der Waals surface area contributed by atoms with Crippen molar-refractivity contribution in [2.45, 2.75) is 45.3 Å². The minimum absolute atomic E-state index is 0. The predicted octanol–water partition coefficient (Wildman–Crippen LogP) is 3.18. The number of guanidine groups is 1. The Bertz CT molecular complexity index is 703. The molecule has 0 spiro atoms. The average Bonchev–Trinajstić information content (AvgIpc) is 3.32. The maximum absolute atomic E-state index is 5.31. The van der Waals surface area contributed by atoms with Crippen molar-refractivity contribution in [1.29, 1.82) is 0 Å². The Hall–Kier alpha value is -1.61. The van der Waals surface area contributed by atoms with Crippen LogP contribution in [0.3, 0.4) is 0 Å². The van der Waals surface area contributed by atoms with Gasteiger partial charge in [0, 0.05) is 32.2 Å². The smallest absolute Gasteiger partial charge is 0.191 e. The number of aryl methyl sites for hydroxylation is 1. The van der Waals surface area contributed by atoms with Gasteiger partial charge in [0.1, 0.15) is 0 Å². The zero-order valence-corrected chi connectivity index (χ0v) is 18.5. The van der Waals surface area contributed by atoms with Crippen molar-refractivity contribution in [3.8, 4) is 0 Å². The lowest BCUT2D eigenvalue weighted by atomic mass is 10.2. The Morgan fingerprint density at radius 3 is 2.81 bits per heavy atom. The fourth-order valence-corrected chi connectivity index (χ4v) is 3.36. The third-order valence-corrected chi connectivity index (χ3v) is 4.86. The van der Waals surface area contributed by atoms with Crippen LogP contribution < -0.4 is 10.6 Å². The zero-order valence-electron chi connectivity index (χ0n) is 16.1. The molecule has 1 aromatic carbocycles. The zero-order chi connectivity index (χ0) is 18.2. The van der Waals surface area contributed by atoms with E-state index in [-0.39, 0.29) is 24.0 Å². The molecule has 2 N–H and O–H groups in total. The van der Waals surface area contributed by atoms with Crippen molar-refractivity contribution >= 4 is 29.9 Å². The van der Waals surface area contributed by atoms with Crippen LogP contribution in [-0.4, -0.2) is 42.2 Å². The van der Waals surface area contributed by atoms with Gasteiger partial charge in [-0.05, 0) is 31.4 Å². The molecule has 7 heteroatoms. The third-order valence-electron chi connectivity index (χ3n) is 4.86. The molecule has 1 aromatic heterocycles. The van der Waals surface area contributed by atoms with Crippen LogP contribution in [0.5, 0.6) is 0 Å². The van der Waals surface area contributed by atoms with Crippen LogP contribution in [0.2, 0.25) is 0 Å². The van der Waals surface area contributed by atoms with Crippen molar-refractivity contribution in [2.24, 2.45) is 4.99 Å². The first-order valence-corrected chi connectivity index (χ1v) is 9.45. The summed E-state index contributed by atoms with van der Waals surface area (Å²) in [5.41, 5.74) is 2.35. The number of nitrogens with one attached hydrogen (secondary N) is 2. The van der Waals surface area contributed by atoms with Crippen LogP contribution in [-0.2, 0) is 19.5 Å². The molecule has 3 rings (SSSR count). The standard InChI is InChI=1S/C20H29N5O.HI/c1-3-17-12-19(26-24-17)14-23-20(21-2)22-13-18-10-7-11-25(18)15-16-8-5-4-6-9-16;/h4-6,8-9,12,18H,3,7,10-11,13-15H2,1-2H3,(H2,21,22,23);1H. The van der Waals surface area contributed by atoms with E-state index in [1.807, 2.05) is 6.07 Å². The molecule has 6 nitrogen and oxygen atoms in total. The first kappa shape index (κ1) is 21.7. The molecule has 1 unspecified atom stereocenters. The van der Waals surface area contributed by atoms with E-state index in [0.29, 0.717) is 12.6 Å². The second kappa shape index (κ2) is 11.3. The molecule has 148 valence electrons. The highest BCUT2D eigenvalue weighted by Crippen LogP contribution is 2.19. The second-order valence-corrected chi connectivity index (χ2v) is 6.70. The summed E-state index contributed by atoms with van der Waals surface area (Å²) in [7, 11) is 1.80. The number of likely N-dealkylation sites (tertiary alicyclic amines) is 1. The lowest BCUT2D eigenvalue weighted by Gasteiger charge is -2.25. The highest BCUT2D eigenvalue weighted by atomic mass is 127. The summed E-state index contributed by atoms with van der Waals surface area (Å²) in [6, 6.07) is 13.2. The van der Waals surface area contributed by atoms with Crippen molar-refractivity contribution in [1.82, 2.24) is 20.7 Å². The molecule has 2 heterocycles. The summed E-state index contributed by atoms with van der Waals surface area (Å²) in [4.78, 5) is 6.87. The number of aliphatic imine (C=N–C) groups is 1. The molecule has 1 saturated heterocycles. The summed E-state index contributed by atoms with van der Waals surface area (Å²) >= 11 is 0. The normalized spacial score (nSPS) is 17.6. The first-order chi connectivity index (χ1) is 12.8. The number of aromatic nitrogens is 1. The van der Waals surface area contributed by atoms with Crippen molar-refractivity contribution in [2.75, 3.05) is 20.1 Å². The van der Waals surface area contributed by atoms with E-state index in [1.165, 1.54) is 18.4 Å². The van der Waals surface area contributed by atoms with Gasteiger partial charge in [-0.2, -0.15) is 0 Å². The molecule has 0 radical (unpaired) electrons.